The van der Waals surface area contributed by atoms with Crippen LogP contribution in [0.25, 0.3) is 0 Å². The Bertz CT molecular complexity index is 891. The maximum atomic E-state index is 13.0. The molecule has 11 heteroatoms. The second kappa shape index (κ2) is 9.98. The molecule has 0 bridgehead atoms. The molecule has 9 nitrogen and oxygen atoms in total. The fourth-order valence-corrected chi connectivity index (χ4v) is 5.83. The number of ether oxygens (including phenoxy) is 2. The second-order valence-electron chi connectivity index (χ2n) is 6.98. The molecular formula is C18H28N2O7S2. The molecule has 1 saturated heterocycles. The number of rotatable bonds is 9. The van der Waals surface area contributed by atoms with Crippen molar-refractivity contribution in [1.82, 2.24) is 8.61 Å². The third-order valence-electron chi connectivity index (χ3n) is 4.25. The van der Waals surface area contributed by atoms with E-state index in [1.54, 1.807) is 6.92 Å². The van der Waals surface area contributed by atoms with Crippen LogP contribution in [0.1, 0.15) is 20.8 Å². The smallest absolute Gasteiger partial charge is 0.321 e. The average molecular weight is 449 g/mol. The van der Waals surface area contributed by atoms with Crippen LogP contribution in [0.15, 0.2) is 34.1 Å². The van der Waals surface area contributed by atoms with Crippen LogP contribution in [0.2, 0.25) is 0 Å². The topological polar surface area (TPSA) is 110 Å². The molecule has 0 atom stereocenters. The van der Waals surface area contributed by atoms with E-state index >= 15 is 0 Å². The lowest BCUT2D eigenvalue weighted by atomic mass is 10.2. The van der Waals surface area contributed by atoms with Crippen molar-refractivity contribution in [3.63, 3.8) is 0 Å². The summed E-state index contributed by atoms with van der Waals surface area (Å²) in [7, 11) is -7.71. The number of carbonyl (C=O) groups excluding carboxylic acids is 1. The largest absolute Gasteiger partial charge is 0.465 e. The molecule has 0 N–H and O–H groups in total. The third kappa shape index (κ3) is 5.98. The van der Waals surface area contributed by atoms with Crippen molar-refractivity contribution in [2.45, 2.75) is 30.6 Å². The van der Waals surface area contributed by atoms with Crippen LogP contribution in [0, 0.1) is 5.92 Å². The molecule has 1 aliphatic rings. The van der Waals surface area contributed by atoms with Crippen molar-refractivity contribution in [2.75, 3.05) is 46.0 Å². The number of morpholine rings is 1. The predicted molar refractivity (Wildman–Crippen MR) is 106 cm³/mol. The average Bonchev–Trinajstić information content (AvgIpc) is 2.68. The molecule has 1 fully saturated rings. The molecule has 0 aromatic heterocycles. The van der Waals surface area contributed by atoms with Gasteiger partial charge in [0.05, 0.1) is 29.6 Å². The Morgan fingerprint density at radius 1 is 1.10 bits per heavy atom. The van der Waals surface area contributed by atoms with Crippen molar-refractivity contribution in [1.29, 1.82) is 0 Å². The Kier molecular flexibility index (Phi) is 8.18. The minimum atomic E-state index is -3.99. The van der Waals surface area contributed by atoms with E-state index in [0.29, 0.717) is 13.2 Å². The van der Waals surface area contributed by atoms with E-state index in [0.717, 1.165) is 4.31 Å². The first kappa shape index (κ1) is 23.7. The SMILES string of the molecule is CCOC(=O)CN(CC(C)C)S(=O)(=O)c1ccc(S(=O)(=O)N2CCOCC2)cc1. The van der Waals surface area contributed by atoms with Crippen LogP contribution in [0.4, 0.5) is 0 Å². The monoisotopic (exact) mass is 448 g/mol. The van der Waals surface area contributed by atoms with Crippen molar-refractivity contribution in [3.8, 4) is 0 Å². The lowest BCUT2D eigenvalue weighted by Crippen LogP contribution is -2.40. The number of sulfonamides is 2. The minimum Gasteiger partial charge on any atom is -0.465 e. The van der Waals surface area contributed by atoms with Gasteiger partial charge in [0.1, 0.15) is 6.54 Å². The number of carbonyl (C=O) groups is 1. The molecule has 1 aliphatic heterocycles. The Morgan fingerprint density at radius 3 is 2.17 bits per heavy atom. The van der Waals surface area contributed by atoms with Gasteiger partial charge in [0, 0.05) is 19.6 Å². The van der Waals surface area contributed by atoms with Gasteiger partial charge in [-0.25, -0.2) is 16.8 Å². The maximum absolute atomic E-state index is 13.0. The van der Waals surface area contributed by atoms with Crippen LogP contribution in [-0.2, 0) is 34.3 Å². The molecule has 1 aromatic rings. The molecular weight excluding hydrogens is 420 g/mol. The van der Waals surface area contributed by atoms with Crippen molar-refractivity contribution < 1.29 is 31.1 Å². The van der Waals surface area contributed by atoms with Crippen LogP contribution in [0.5, 0.6) is 0 Å². The lowest BCUT2D eigenvalue weighted by molar-refractivity contribution is -0.143. The van der Waals surface area contributed by atoms with Gasteiger partial charge in [-0.3, -0.25) is 4.79 Å². The summed E-state index contributed by atoms with van der Waals surface area (Å²) in [4.78, 5) is 11.8. The van der Waals surface area contributed by atoms with Gasteiger partial charge in [-0.05, 0) is 37.1 Å². The van der Waals surface area contributed by atoms with Gasteiger partial charge in [0.2, 0.25) is 20.0 Å². The Balaban J connectivity index is 2.27. The minimum absolute atomic E-state index is 0.0131. The summed E-state index contributed by atoms with van der Waals surface area (Å²) in [5, 5.41) is 0. The highest BCUT2D eigenvalue weighted by molar-refractivity contribution is 7.89. The zero-order valence-corrected chi connectivity index (χ0v) is 18.5. The van der Waals surface area contributed by atoms with Gasteiger partial charge in [-0.15, -0.1) is 0 Å². The summed E-state index contributed by atoms with van der Waals surface area (Å²) in [5.41, 5.74) is 0. The molecule has 1 aromatic carbocycles. The first-order valence-electron chi connectivity index (χ1n) is 9.42. The summed E-state index contributed by atoms with van der Waals surface area (Å²) in [6.45, 7) is 6.37. The van der Waals surface area contributed by atoms with Crippen LogP contribution in [-0.4, -0.2) is 77.4 Å². The normalized spacial score (nSPS) is 16.3. The molecule has 0 radical (unpaired) electrons. The predicted octanol–water partition coefficient (Wildman–Crippen LogP) is 0.917. The zero-order valence-electron chi connectivity index (χ0n) is 16.9. The highest BCUT2D eigenvalue weighted by atomic mass is 32.2. The highest BCUT2D eigenvalue weighted by Crippen LogP contribution is 2.22. The quantitative estimate of drug-likeness (QED) is 0.517. The number of nitrogens with zero attached hydrogens (tertiary/aromatic N) is 2. The molecule has 0 amide bonds. The summed E-state index contributed by atoms with van der Waals surface area (Å²) in [6.07, 6.45) is 0. The molecule has 29 heavy (non-hydrogen) atoms. The van der Waals surface area contributed by atoms with Gasteiger partial charge in [0.15, 0.2) is 0 Å². The number of hydrogen-bond acceptors (Lipinski definition) is 7. The van der Waals surface area contributed by atoms with Crippen LogP contribution in [0.3, 0.4) is 0 Å². The van der Waals surface area contributed by atoms with Gasteiger partial charge in [-0.1, -0.05) is 13.8 Å². The fraction of sp³-hybridized carbons (Fsp3) is 0.611. The van der Waals surface area contributed by atoms with Crippen LogP contribution < -0.4 is 0 Å². The Hall–Kier alpha value is -1.53. The van der Waals surface area contributed by atoms with Gasteiger partial charge in [-0.2, -0.15) is 8.61 Å². The maximum Gasteiger partial charge on any atom is 0.321 e. The first-order valence-corrected chi connectivity index (χ1v) is 12.3. The molecule has 0 unspecified atom stereocenters. The molecule has 0 spiro atoms. The Labute approximate surface area is 172 Å². The van der Waals surface area contributed by atoms with Crippen molar-refractivity contribution in [2.24, 2.45) is 5.92 Å². The molecule has 164 valence electrons. The van der Waals surface area contributed by atoms with E-state index in [-0.39, 0.29) is 42.0 Å². The first-order chi connectivity index (χ1) is 13.6. The van der Waals surface area contributed by atoms with Crippen molar-refractivity contribution >= 4 is 26.0 Å². The van der Waals surface area contributed by atoms with E-state index in [1.807, 2.05) is 13.8 Å². The highest BCUT2D eigenvalue weighted by Gasteiger charge is 2.30. The van der Waals surface area contributed by atoms with E-state index in [9.17, 15) is 21.6 Å². The summed E-state index contributed by atoms with van der Waals surface area (Å²) in [6, 6.07) is 5.05. The van der Waals surface area contributed by atoms with Gasteiger partial charge in [0.25, 0.3) is 0 Å². The molecule has 0 aliphatic carbocycles. The third-order valence-corrected chi connectivity index (χ3v) is 7.99. The number of benzene rings is 1. The van der Waals surface area contributed by atoms with E-state index in [4.69, 9.17) is 9.47 Å². The number of esters is 1. The molecule has 0 saturated carbocycles. The summed E-state index contributed by atoms with van der Waals surface area (Å²) >= 11 is 0. The second-order valence-corrected chi connectivity index (χ2v) is 10.9. The van der Waals surface area contributed by atoms with E-state index in [1.165, 1.54) is 28.6 Å². The van der Waals surface area contributed by atoms with Gasteiger partial charge < -0.3 is 9.47 Å². The fourth-order valence-electron chi connectivity index (χ4n) is 2.87. The van der Waals surface area contributed by atoms with E-state index in [2.05, 4.69) is 0 Å². The Morgan fingerprint density at radius 2 is 1.66 bits per heavy atom. The summed E-state index contributed by atoms with van der Waals surface area (Å²) < 4.78 is 63.8. The summed E-state index contributed by atoms with van der Waals surface area (Å²) in [5.74, 6) is -0.650. The number of hydrogen-bond donors (Lipinski definition) is 0. The standard InChI is InChI=1S/C18H28N2O7S2/c1-4-27-18(21)14-20(13-15(2)3)29(24,25)17-7-5-16(6-8-17)28(22,23)19-9-11-26-12-10-19/h5-8,15H,4,9-14H2,1-3H3. The van der Waals surface area contributed by atoms with Gasteiger partial charge >= 0.3 is 5.97 Å². The van der Waals surface area contributed by atoms with E-state index < -0.39 is 32.6 Å². The lowest BCUT2D eigenvalue weighted by Gasteiger charge is -2.26. The molecule has 1 heterocycles. The zero-order chi connectivity index (χ0) is 21.7. The van der Waals surface area contributed by atoms with Crippen LogP contribution >= 0.6 is 0 Å². The molecule has 2 rings (SSSR count). The van der Waals surface area contributed by atoms with Crippen molar-refractivity contribution in [3.05, 3.63) is 24.3 Å².